The summed E-state index contributed by atoms with van der Waals surface area (Å²) in [5, 5.41) is 11.6. The van der Waals surface area contributed by atoms with E-state index in [2.05, 4.69) is 15.3 Å². The Morgan fingerprint density at radius 1 is 1.45 bits per heavy atom. The number of carbonyl (C=O) groups excluding carboxylic acids is 1. The highest BCUT2D eigenvalue weighted by atomic mass is 16.3. The maximum Gasteiger partial charge on any atom is 0.254 e. The highest BCUT2D eigenvalue weighted by Crippen LogP contribution is 2.03. The zero-order valence-corrected chi connectivity index (χ0v) is 12.3. The van der Waals surface area contributed by atoms with E-state index in [4.69, 9.17) is 5.11 Å². The van der Waals surface area contributed by atoms with Crippen molar-refractivity contribution in [2.24, 2.45) is 5.92 Å². The van der Waals surface area contributed by atoms with E-state index >= 15 is 0 Å². The molecule has 1 unspecified atom stereocenters. The smallest absolute Gasteiger partial charge is 0.254 e. The number of rotatable bonds is 7. The van der Waals surface area contributed by atoms with Crippen LogP contribution in [0.5, 0.6) is 0 Å². The number of nitrogens with zero attached hydrogens (tertiary/aromatic N) is 1. The molecule has 1 aromatic heterocycles. The van der Waals surface area contributed by atoms with Crippen molar-refractivity contribution in [3.05, 3.63) is 27.4 Å². The van der Waals surface area contributed by atoms with Gasteiger partial charge in [-0.25, -0.2) is 4.98 Å². The minimum Gasteiger partial charge on any atom is -0.396 e. The molecule has 0 aliphatic rings. The molecule has 6 nitrogen and oxygen atoms in total. The standard InChI is InChI=1S/C14H23N3O3/c1-9(6-7-18)8-15-13(19)5-4-12-10(2)16-11(3)17-14(12)20/h9,18H,4-8H2,1-3H3,(H,15,19)(H,16,17,20). The summed E-state index contributed by atoms with van der Waals surface area (Å²) in [6, 6.07) is 0. The highest BCUT2D eigenvalue weighted by molar-refractivity contribution is 5.76. The lowest BCUT2D eigenvalue weighted by Gasteiger charge is -2.11. The van der Waals surface area contributed by atoms with Gasteiger partial charge in [-0.1, -0.05) is 6.92 Å². The molecule has 0 spiro atoms. The Morgan fingerprint density at radius 2 is 2.15 bits per heavy atom. The van der Waals surface area contributed by atoms with Crippen LogP contribution in [0.3, 0.4) is 0 Å². The van der Waals surface area contributed by atoms with Gasteiger partial charge in [-0.3, -0.25) is 9.59 Å². The average molecular weight is 281 g/mol. The number of nitrogens with one attached hydrogen (secondary N) is 2. The molecule has 20 heavy (non-hydrogen) atoms. The van der Waals surface area contributed by atoms with Gasteiger partial charge in [0.05, 0.1) is 0 Å². The third-order valence-corrected chi connectivity index (χ3v) is 3.21. The molecule has 6 heteroatoms. The van der Waals surface area contributed by atoms with E-state index < -0.39 is 0 Å². The fourth-order valence-corrected chi connectivity index (χ4v) is 1.98. The molecule has 3 N–H and O–H groups in total. The van der Waals surface area contributed by atoms with Gasteiger partial charge in [0.2, 0.25) is 5.91 Å². The van der Waals surface area contributed by atoms with Crippen LogP contribution in [-0.2, 0) is 11.2 Å². The van der Waals surface area contributed by atoms with Gasteiger partial charge < -0.3 is 15.4 Å². The number of carbonyl (C=O) groups is 1. The summed E-state index contributed by atoms with van der Waals surface area (Å²) < 4.78 is 0. The second-order valence-electron chi connectivity index (χ2n) is 5.14. The number of aliphatic hydroxyl groups is 1. The third-order valence-electron chi connectivity index (χ3n) is 3.21. The number of amides is 1. The molecular formula is C14H23N3O3. The van der Waals surface area contributed by atoms with Gasteiger partial charge in [0.1, 0.15) is 5.82 Å². The molecule has 0 bridgehead atoms. The van der Waals surface area contributed by atoms with Gasteiger partial charge in [-0.05, 0) is 32.6 Å². The zero-order chi connectivity index (χ0) is 15.1. The second kappa shape index (κ2) is 7.79. The number of aryl methyl sites for hydroxylation is 2. The van der Waals surface area contributed by atoms with Crippen molar-refractivity contribution in [2.75, 3.05) is 13.2 Å². The van der Waals surface area contributed by atoms with Crippen molar-refractivity contribution in [2.45, 2.75) is 40.0 Å². The first kappa shape index (κ1) is 16.4. The van der Waals surface area contributed by atoms with Gasteiger partial charge in [0, 0.05) is 30.8 Å². The molecule has 112 valence electrons. The maximum absolute atomic E-state index is 11.8. The molecule has 0 saturated heterocycles. The van der Waals surface area contributed by atoms with Crippen LogP contribution in [0.25, 0.3) is 0 Å². The summed E-state index contributed by atoms with van der Waals surface area (Å²) in [4.78, 5) is 30.3. The monoisotopic (exact) mass is 281 g/mol. The summed E-state index contributed by atoms with van der Waals surface area (Å²) >= 11 is 0. The van der Waals surface area contributed by atoms with Crippen molar-refractivity contribution in [3.8, 4) is 0 Å². The first-order valence-electron chi connectivity index (χ1n) is 6.88. The van der Waals surface area contributed by atoms with E-state index in [1.807, 2.05) is 6.92 Å². The normalized spacial score (nSPS) is 12.2. The van der Waals surface area contributed by atoms with Gasteiger partial charge in [-0.2, -0.15) is 0 Å². The van der Waals surface area contributed by atoms with Crippen LogP contribution in [0.15, 0.2) is 4.79 Å². The SMILES string of the molecule is Cc1nc(C)c(CCC(=O)NCC(C)CCO)c(=O)[nH]1. The first-order chi connectivity index (χ1) is 9.43. The Bertz CT molecular complexity index is 511. The molecule has 0 radical (unpaired) electrons. The summed E-state index contributed by atoms with van der Waals surface area (Å²) in [7, 11) is 0. The zero-order valence-electron chi connectivity index (χ0n) is 12.3. The quantitative estimate of drug-likeness (QED) is 0.676. The van der Waals surface area contributed by atoms with E-state index in [1.54, 1.807) is 13.8 Å². The number of H-pyrrole nitrogens is 1. The summed E-state index contributed by atoms with van der Waals surface area (Å²) in [5.41, 5.74) is 1.07. The number of aliphatic hydroxyl groups excluding tert-OH is 1. The lowest BCUT2D eigenvalue weighted by Crippen LogP contribution is -2.29. The molecule has 1 rings (SSSR count). The topological polar surface area (TPSA) is 95.1 Å². The predicted molar refractivity (Wildman–Crippen MR) is 76.5 cm³/mol. The van der Waals surface area contributed by atoms with Crippen LogP contribution >= 0.6 is 0 Å². The van der Waals surface area contributed by atoms with Crippen LogP contribution in [0, 0.1) is 19.8 Å². The Balaban J connectivity index is 2.48. The number of aromatic amines is 1. The molecule has 0 fully saturated rings. The lowest BCUT2D eigenvalue weighted by molar-refractivity contribution is -0.121. The van der Waals surface area contributed by atoms with Crippen molar-refractivity contribution >= 4 is 5.91 Å². The van der Waals surface area contributed by atoms with Gasteiger partial charge in [-0.15, -0.1) is 0 Å². The van der Waals surface area contributed by atoms with Crippen LogP contribution < -0.4 is 10.9 Å². The maximum atomic E-state index is 11.8. The Hall–Kier alpha value is -1.69. The Kier molecular flexibility index (Phi) is 6.38. The van der Waals surface area contributed by atoms with Gasteiger partial charge in [0.25, 0.3) is 5.56 Å². The average Bonchev–Trinajstić information content (AvgIpc) is 2.35. The van der Waals surface area contributed by atoms with Crippen LogP contribution in [0.4, 0.5) is 0 Å². The van der Waals surface area contributed by atoms with E-state index in [-0.39, 0.29) is 30.4 Å². The van der Waals surface area contributed by atoms with Crippen molar-refractivity contribution in [1.29, 1.82) is 0 Å². The van der Waals surface area contributed by atoms with E-state index in [9.17, 15) is 9.59 Å². The highest BCUT2D eigenvalue weighted by Gasteiger charge is 2.10. The molecule has 0 aliphatic heterocycles. The van der Waals surface area contributed by atoms with E-state index in [1.165, 1.54) is 0 Å². The lowest BCUT2D eigenvalue weighted by atomic mass is 10.1. The van der Waals surface area contributed by atoms with Crippen LogP contribution in [-0.4, -0.2) is 34.1 Å². The number of hydrogen-bond acceptors (Lipinski definition) is 4. The molecule has 1 heterocycles. The van der Waals surface area contributed by atoms with Crippen LogP contribution in [0.1, 0.15) is 36.8 Å². The van der Waals surface area contributed by atoms with Crippen molar-refractivity contribution in [3.63, 3.8) is 0 Å². The van der Waals surface area contributed by atoms with Gasteiger partial charge in [0.15, 0.2) is 0 Å². The Morgan fingerprint density at radius 3 is 2.75 bits per heavy atom. The third kappa shape index (κ3) is 5.13. The summed E-state index contributed by atoms with van der Waals surface area (Å²) in [5.74, 6) is 0.739. The van der Waals surface area contributed by atoms with E-state index in [0.29, 0.717) is 36.5 Å². The predicted octanol–water partition coefficient (Wildman–Crippen LogP) is 0.454. The molecule has 1 atom stereocenters. The number of aromatic nitrogens is 2. The molecular weight excluding hydrogens is 258 g/mol. The summed E-state index contributed by atoms with van der Waals surface area (Å²) in [6.07, 6.45) is 1.32. The fraction of sp³-hybridized carbons (Fsp3) is 0.643. The minimum absolute atomic E-state index is 0.0887. The molecule has 0 aliphatic carbocycles. The largest absolute Gasteiger partial charge is 0.396 e. The van der Waals surface area contributed by atoms with Crippen molar-refractivity contribution < 1.29 is 9.90 Å². The molecule has 1 amide bonds. The van der Waals surface area contributed by atoms with Crippen molar-refractivity contribution in [1.82, 2.24) is 15.3 Å². The summed E-state index contributed by atoms with van der Waals surface area (Å²) in [6.45, 7) is 6.14. The molecule has 1 aromatic rings. The van der Waals surface area contributed by atoms with Crippen LogP contribution in [0.2, 0.25) is 0 Å². The minimum atomic E-state index is -0.170. The van der Waals surface area contributed by atoms with Gasteiger partial charge >= 0.3 is 0 Å². The fourth-order valence-electron chi connectivity index (χ4n) is 1.98. The molecule has 0 aromatic carbocycles. The molecule has 0 saturated carbocycles. The van der Waals surface area contributed by atoms with E-state index in [0.717, 1.165) is 0 Å². The Labute approximate surface area is 118 Å². The first-order valence-corrected chi connectivity index (χ1v) is 6.88. The number of hydrogen-bond donors (Lipinski definition) is 3. The second-order valence-corrected chi connectivity index (χ2v) is 5.14.